The summed E-state index contributed by atoms with van der Waals surface area (Å²) in [5.41, 5.74) is 7.25. The number of imidazole rings is 1. The number of amides is 1. The first-order valence-corrected chi connectivity index (χ1v) is 18.1. The van der Waals surface area contributed by atoms with Crippen LogP contribution in [0, 0.1) is 0 Å². The van der Waals surface area contributed by atoms with Gasteiger partial charge in [0.15, 0.2) is 23.9 Å². The Morgan fingerprint density at radius 2 is 1.58 bits per heavy atom. The maximum absolute atomic E-state index is 12.2. The third kappa shape index (κ3) is 11.2. The third-order valence-corrected chi connectivity index (χ3v) is 9.73. The number of phosphoric ester groups is 1. The molecule has 0 radical (unpaired) electrons. The number of nitrogens with two attached hydrogens (primary N) is 1. The zero-order valence-electron chi connectivity index (χ0n) is 26.7. The van der Waals surface area contributed by atoms with Crippen molar-refractivity contribution >= 4 is 46.4 Å². The van der Waals surface area contributed by atoms with E-state index in [0.29, 0.717) is 0 Å². The Kier molecular flexibility index (Phi) is 16.1. The number of allylic oxidation sites excluding steroid dienone is 1. The van der Waals surface area contributed by atoms with Crippen molar-refractivity contribution in [2.45, 2.75) is 55.5 Å². The number of ether oxygens (including phenoxy) is 2. The van der Waals surface area contributed by atoms with E-state index in [0.717, 1.165) is 17.4 Å². The number of aliphatic hydroxyl groups is 4. The summed E-state index contributed by atoms with van der Waals surface area (Å²) >= 11 is 0. The molecule has 0 aliphatic carbocycles. The van der Waals surface area contributed by atoms with Gasteiger partial charge in [-0.3, -0.25) is 18.5 Å². The molecule has 52 heavy (non-hydrogen) atoms. The molecule has 5 heterocycles. The maximum Gasteiger partial charge on any atom is 1.00 e. The summed E-state index contributed by atoms with van der Waals surface area (Å²) in [6, 6.07) is 0. The molecule has 31 heteroatoms. The van der Waals surface area contributed by atoms with Crippen LogP contribution in [0.25, 0.3) is 11.2 Å². The van der Waals surface area contributed by atoms with Gasteiger partial charge in [0, 0.05) is 18.0 Å². The van der Waals surface area contributed by atoms with Gasteiger partial charge in [-0.25, -0.2) is 34.3 Å². The van der Waals surface area contributed by atoms with Gasteiger partial charge in [-0.1, -0.05) is 6.08 Å². The van der Waals surface area contributed by atoms with Crippen molar-refractivity contribution in [3.05, 3.63) is 36.7 Å². The molecule has 7 N–H and O–H groups in total. The number of carbonyl (C=O) groups excluding carboxylic acids is 1. The normalized spacial score (nSPS) is 29.8. The van der Waals surface area contributed by atoms with E-state index in [-0.39, 0.29) is 88.1 Å². The first kappa shape index (κ1) is 45.6. The Bertz CT molecular complexity index is 1780. The van der Waals surface area contributed by atoms with E-state index >= 15 is 0 Å². The Hall–Kier alpha value is -0.810. The van der Waals surface area contributed by atoms with Crippen molar-refractivity contribution in [1.82, 2.24) is 29.9 Å². The third-order valence-electron chi connectivity index (χ3n) is 7.06. The minimum Gasteiger partial charge on any atom is -0.788 e. The molecule has 5 rings (SSSR count). The largest absolute Gasteiger partial charge is 1.00 e. The van der Waals surface area contributed by atoms with Crippen molar-refractivity contribution in [3.63, 3.8) is 0 Å². The van der Waals surface area contributed by atoms with Gasteiger partial charge >= 0.3 is 66.9 Å². The SMILES string of the molecule is Nc1ncnc2c1ncn2[C@@H]1O[C@H](COP(=O)([O-])OP(=O)([O-])OOC[C@H]2O[C@@H](N3C=CCC(C(=O)NOP(=O)([O-])[O-])=C3)C(O)[C@H]2O)[C@H](O)C1O.[Na+].[Na+]. The molecule has 3 aliphatic heterocycles. The van der Waals surface area contributed by atoms with Crippen LogP contribution in [0.3, 0.4) is 0 Å². The number of aromatic nitrogens is 4. The minimum absolute atomic E-state index is 0. The summed E-state index contributed by atoms with van der Waals surface area (Å²) in [5.74, 6) is -1.12. The number of aliphatic hydroxyl groups excluding tert-OH is 4. The first-order chi connectivity index (χ1) is 23.4. The molecule has 2 aromatic rings. The molecule has 0 aromatic carbocycles. The Labute approximate surface area is 335 Å². The second-order valence-corrected chi connectivity index (χ2v) is 14.4. The molecule has 26 nitrogen and oxygen atoms in total. The van der Waals surface area contributed by atoms with E-state index in [1.807, 2.05) is 0 Å². The molecule has 2 aromatic heterocycles. The van der Waals surface area contributed by atoms with Crippen LogP contribution in [0.15, 0.2) is 36.7 Å². The molecule has 1 amide bonds. The quantitative estimate of drug-likeness (QED) is 0.0446. The Morgan fingerprint density at radius 3 is 2.25 bits per heavy atom. The molecule has 0 spiro atoms. The van der Waals surface area contributed by atoms with Gasteiger partial charge in [0.25, 0.3) is 13.7 Å². The van der Waals surface area contributed by atoms with Crippen LogP contribution in [0.4, 0.5) is 5.82 Å². The second-order valence-electron chi connectivity index (χ2n) is 10.5. The fourth-order valence-electron chi connectivity index (χ4n) is 4.80. The van der Waals surface area contributed by atoms with Crippen molar-refractivity contribution in [2.75, 3.05) is 18.9 Å². The van der Waals surface area contributed by atoms with E-state index < -0.39 is 91.7 Å². The second kappa shape index (κ2) is 18.4. The standard InChI is InChI=1S/C21H30N7O19P3.2Na/c22-17-12-18(24-7-23-17)28(8-25-12)21-16(32)14(30)11(44-21)6-42-49(37,38)47-50(39,40)46-41-5-10-13(29)15(31)20(43-10)27-3-1-2-9(4-27)19(33)26-45-48(34,35)36;;/h1,3-4,7-8,10-11,13-16,20-21,29-32H,2,5-6H2,(H,26,33)(H,37,38)(H,39,40)(H2,22,23,24)(H2,34,35,36);;/q;2*+1/p-4/t10-,11-,13+,14+,15?,16?,20-,21-;;/m1../s1. The predicted octanol–water partition coefficient (Wildman–Crippen LogP) is -11.6. The number of hydroxylamine groups is 1. The topological polar surface area (TPSA) is 391 Å². The number of anilines is 1. The summed E-state index contributed by atoms with van der Waals surface area (Å²) in [5, 5.41) is 41.6. The van der Waals surface area contributed by atoms with E-state index in [9.17, 15) is 58.5 Å². The Balaban J connectivity index is 0.00000364. The van der Waals surface area contributed by atoms with Gasteiger partial charge in [0.1, 0.15) is 55.1 Å². The van der Waals surface area contributed by atoms with Crippen LogP contribution in [0.5, 0.6) is 0 Å². The van der Waals surface area contributed by atoms with Crippen LogP contribution in [-0.4, -0.2) is 107 Å². The molecule has 4 unspecified atom stereocenters. The van der Waals surface area contributed by atoms with Gasteiger partial charge in [0.2, 0.25) is 0 Å². The summed E-state index contributed by atoms with van der Waals surface area (Å²) < 4.78 is 63.2. The Morgan fingerprint density at radius 1 is 0.942 bits per heavy atom. The van der Waals surface area contributed by atoms with E-state index in [1.165, 1.54) is 28.7 Å². The van der Waals surface area contributed by atoms with Crippen molar-refractivity contribution in [2.24, 2.45) is 0 Å². The van der Waals surface area contributed by atoms with Gasteiger partial charge in [-0.15, -0.1) is 0 Å². The van der Waals surface area contributed by atoms with Crippen LogP contribution in [0.1, 0.15) is 12.6 Å². The van der Waals surface area contributed by atoms with Crippen LogP contribution < -0.4 is 89.9 Å². The number of hydrogen-bond acceptors (Lipinski definition) is 24. The molecule has 3 aliphatic rings. The van der Waals surface area contributed by atoms with Gasteiger partial charge in [-0.05, 0) is 6.42 Å². The van der Waals surface area contributed by atoms with Crippen molar-refractivity contribution in [3.8, 4) is 0 Å². The summed E-state index contributed by atoms with van der Waals surface area (Å²) in [4.78, 5) is 74.9. The molecule has 2 fully saturated rings. The molecular weight excluding hydrogens is 793 g/mol. The summed E-state index contributed by atoms with van der Waals surface area (Å²) in [6.07, 6.45) is -6.80. The number of nitrogens with one attached hydrogen (secondary N) is 1. The summed E-state index contributed by atoms with van der Waals surface area (Å²) in [7, 11) is -17.2. The smallest absolute Gasteiger partial charge is 0.788 e. The number of nitrogen functional groups attached to an aromatic ring is 1. The first-order valence-electron chi connectivity index (χ1n) is 13.8. The fraction of sp³-hybridized carbons (Fsp3) is 0.524. The number of phosphoric acid groups is 3. The van der Waals surface area contributed by atoms with Gasteiger partial charge in [-0.2, -0.15) is 4.67 Å². The maximum atomic E-state index is 12.2. The number of fused-ring (bicyclic) bond motifs is 1. The van der Waals surface area contributed by atoms with Crippen LogP contribution in [-0.2, 0) is 51.0 Å². The number of rotatable bonds is 14. The number of carbonyl (C=O) groups is 1. The molecular formula is C21H26N7Na2O19P3-2. The molecule has 2 saturated heterocycles. The molecule has 278 valence electrons. The molecule has 0 saturated carbocycles. The zero-order valence-corrected chi connectivity index (χ0v) is 33.4. The average molecular weight is 819 g/mol. The average Bonchev–Trinajstić information content (AvgIpc) is 3.68. The number of nitrogens with zero attached hydrogens (tertiary/aromatic N) is 5. The van der Waals surface area contributed by atoms with Crippen molar-refractivity contribution < 1.29 is 150 Å². The van der Waals surface area contributed by atoms with E-state index in [2.05, 4.69) is 38.0 Å². The zero-order chi connectivity index (χ0) is 36.6. The number of hydrogen-bond donors (Lipinski definition) is 6. The fourth-order valence-corrected chi connectivity index (χ4v) is 6.79. The minimum atomic E-state index is -5.87. The monoisotopic (exact) mass is 819 g/mol. The molecule has 10 atom stereocenters. The van der Waals surface area contributed by atoms with Crippen molar-refractivity contribution in [1.29, 1.82) is 0 Å². The van der Waals surface area contributed by atoms with E-state index in [4.69, 9.17) is 15.2 Å². The van der Waals surface area contributed by atoms with Gasteiger partial charge in [0.05, 0.1) is 20.8 Å². The van der Waals surface area contributed by atoms with Gasteiger partial charge < -0.3 is 69.2 Å². The van der Waals surface area contributed by atoms with Crippen LogP contribution >= 0.6 is 23.5 Å². The predicted molar refractivity (Wildman–Crippen MR) is 146 cm³/mol. The van der Waals surface area contributed by atoms with E-state index in [1.54, 1.807) is 0 Å². The van der Waals surface area contributed by atoms with Crippen LogP contribution in [0.2, 0.25) is 0 Å². The summed E-state index contributed by atoms with van der Waals surface area (Å²) in [6.45, 7) is -1.99. The molecule has 0 bridgehead atoms.